The first kappa shape index (κ1) is 13.6. The third kappa shape index (κ3) is 4.10. The van der Waals surface area contributed by atoms with Gasteiger partial charge in [-0.25, -0.2) is 0 Å². The van der Waals surface area contributed by atoms with E-state index in [1.807, 2.05) is 24.1 Å². The minimum atomic E-state index is -0.185. The average molecular weight is 251 g/mol. The van der Waals surface area contributed by atoms with E-state index in [2.05, 4.69) is 17.0 Å². The van der Waals surface area contributed by atoms with E-state index in [0.717, 1.165) is 25.4 Å². The molecule has 0 amide bonds. The molecule has 2 rings (SSSR count). The number of aromatic nitrogens is 2. The lowest BCUT2D eigenvalue weighted by Crippen LogP contribution is -2.29. The summed E-state index contributed by atoms with van der Waals surface area (Å²) in [6, 6.07) is 0. The molecule has 0 spiro atoms. The molecule has 0 saturated heterocycles. The van der Waals surface area contributed by atoms with E-state index < -0.39 is 0 Å². The molecule has 1 aliphatic carbocycles. The molecule has 1 atom stereocenters. The van der Waals surface area contributed by atoms with Crippen molar-refractivity contribution in [1.29, 1.82) is 0 Å². The molecule has 1 unspecified atom stereocenters. The van der Waals surface area contributed by atoms with Gasteiger partial charge in [0, 0.05) is 31.9 Å². The van der Waals surface area contributed by atoms with Crippen molar-refractivity contribution in [2.24, 2.45) is 13.0 Å². The summed E-state index contributed by atoms with van der Waals surface area (Å²) >= 11 is 0. The lowest BCUT2D eigenvalue weighted by atomic mass is 10.00. The Bertz CT molecular complexity index is 358. The Balaban J connectivity index is 1.71. The largest absolute Gasteiger partial charge is 0.392 e. The van der Waals surface area contributed by atoms with E-state index in [9.17, 15) is 5.11 Å². The van der Waals surface area contributed by atoms with Crippen LogP contribution in [0.25, 0.3) is 0 Å². The first-order valence-electron chi connectivity index (χ1n) is 6.97. The van der Waals surface area contributed by atoms with Gasteiger partial charge in [0.05, 0.1) is 12.3 Å². The molecular weight excluding hydrogens is 226 g/mol. The first-order chi connectivity index (χ1) is 8.63. The summed E-state index contributed by atoms with van der Waals surface area (Å²) in [6.07, 6.45) is 10.0. The summed E-state index contributed by atoms with van der Waals surface area (Å²) in [5.41, 5.74) is 1.20. The maximum atomic E-state index is 10.1. The van der Waals surface area contributed by atoms with E-state index >= 15 is 0 Å². The number of hydrogen-bond donors (Lipinski definition) is 1. The van der Waals surface area contributed by atoms with Crippen LogP contribution < -0.4 is 0 Å². The Morgan fingerprint density at radius 1 is 1.50 bits per heavy atom. The Kier molecular flexibility index (Phi) is 4.78. The molecule has 0 aliphatic heterocycles. The topological polar surface area (TPSA) is 41.3 Å². The molecule has 1 aromatic heterocycles. The van der Waals surface area contributed by atoms with Gasteiger partial charge in [0.25, 0.3) is 0 Å². The Labute approximate surface area is 110 Å². The highest BCUT2D eigenvalue weighted by Gasteiger charge is 2.19. The quantitative estimate of drug-likeness (QED) is 0.838. The van der Waals surface area contributed by atoms with Crippen molar-refractivity contribution in [1.82, 2.24) is 14.7 Å². The van der Waals surface area contributed by atoms with Gasteiger partial charge in [-0.2, -0.15) is 5.10 Å². The molecular formula is C14H25N3O. The van der Waals surface area contributed by atoms with Crippen LogP contribution in [0.5, 0.6) is 0 Å². The van der Waals surface area contributed by atoms with E-state index in [0.29, 0.717) is 0 Å². The number of hydrogen-bond acceptors (Lipinski definition) is 3. The van der Waals surface area contributed by atoms with E-state index in [1.54, 1.807) is 0 Å². The molecule has 18 heavy (non-hydrogen) atoms. The molecule has 1 N–H and O–H groups in total. The van der Waals surface area contributed by atoms with Crippen molar-refractivity contribution in [3.8, 4) is 0 Å². The Morgan fingerprint density at radius 3 is 2.83 bits per heavy atom. The van der Waals surface area contributed by atoms with Gasteiger partial charge < -0.3 is 5.11 Å². The minimum absolute atomic E-state index is 0.185. The average Bonchev–Trinajstić information content (AvgIpc) is 2.90. The lowest BCUT2D eigenvalue weighted by Gasteiger charge is -2.22. The number of rotatable bonds is 6. The highest BCUT2D eigenvalue weighted by atomic mass is 16.3. The molecule has 0 bridgehead atoms. The second-order valence-electron chi connectivity index (χ2n) is 5.76. The zero-order chi connectivity index (χ0) is 13.0. The highest BCUT2D eigenvalue weighted by Crippen LogP contribution is 2.28. The molecule has 4 nitrogen and oxygen atoms in total. The van der Waals surface area contributed by atoms with Crippen LogP contribution in [0.1, 0.15) is 37.7 Å². The standard InChI is InChI=1S/C14H25N3O/c1-16(9-13-8-15-17(2)10-13)11-14(18)7-12-5-3-4-6-12/h8,10,12,14,18H,3-7,9,11H2,1-2H3. The SMILES string of the molecule is CN(Cc1cnn(C)c1)CC(O)CC1CCCC1. The van der Waals surface area contributed by atoms with Crippen molar-refractivity contribution in [2.45, 2.75) is 44.8 Å². The monoisotopic (exact) mass is 251 g/mol. The van der Waals surface area contributed by atoms with Gasteiger partial charge in [-0.05, 0) is 19.4 Å². The molecule has 1 aliphatic rings. The molecule has 1 saturated carbocycles. The van der Waals surface area contributed by atoms with Crippen LogP contribution in [-0.4, -0.2) is 39.5 Å². The Hall–Kier alpha value is -0.870. The van der Waals surface area contributed by atoms with Gasteiger partial charge in [-0.15, -0.1) is 0 Å². The molecule has 102 valence electrons. The van der Waals surface area contributed by atoms with Gasteiger partial charge >= 0.3 is 0 Å². The molecule has 4 heteroatoms. The number of likely N-dealkylation sites (N-methyl/N-ethyl adjacent to an activating group) is 1. The summed E-state index contributed by atoms with van der Waals surface area (Å²) in [5.74, 6) is 0.756. The Morgan fingerprint density at radius 2 is 2.22 bits per heavy atom. The lowest BCUT2D eigenvalue weighted by molar-refractivity contribution is 0.0994. The van der Waals surface area contributed by atoms with Gasteiger partial charge in [0.15, 0.2) is 0 Å². The summed E-state index contributed by atoms with van der Waals surface area (Å²) in [6.45, 7) is 1.61. The number of aryl methyl sites for hydroxylation is 1. The van der Waals surface area contributed by atoms with Crippen molar-refractivity contribution in [2.75, 3.05) is 13.6 Å². The molecule has 0 radical (unpaired) electrons. The number of nitrogens with zero attached hydrogens (tertiary/aromatic N) is 3. The van der Waals surface area contributed by atoms with Crippen LogP contribution in [0.4, 0.5) is 0 Å². The van der Waals surface area contributed by atoms with Crippen LogP contribution in [-0.2, 0) is 13.6 Å². The highest BCUT2D eigenvalue weighted by molar-refractivity contribution is 5.02. The van der Waals surface area contributed by atoms with Crippen LogP contribution in [0, 0.1) is 5.92 Å². The van der Waals surface area contributed by atoms with Crippen LogP contribution in [0.2, 0.25) is 0 Å². The molecule has 1 aromatic rings. The van der Waals surface area contributed by atoms with E-state index in [1.165, 1.54) is 31.2 Å². The smallest absolute Gasteiger partial charge is 0.0669 e. The van der Waals surface area contributed by atoms with Crippen molar-refractivity contribution in [3.05, 3.63) is 18.0 Å². The summed E-state index contributed by atoms with van der Waals surface area (Å²) in [7, 11) is 3.99. The number of aliphatic hydroxyl groups excluding tert-OH is 1. The third-order valence-electron chi connectivity index (χ3n) is 3.81. The maximum absolute atomic E-state index is 10.1. The normalized spacial score (nSPS) is 18.7. The summed E-state index contributed by atoms with van der Waals surface area (Å²) < 4.78 is 1.82. The molecule has 1 fully saturated rings. The van der Waals surface area contributed by atoms with Crippen LogP contribution in [0.15, 0.2) is 12.4 Å². The fraction of sp³-hybridized carbons (Fsp3) is 0.786. The van der Waals surface area contributed by atoms with Gasteiger partial charge in [0.2, 0.25) is 0 Å². The predicted octanol–water partition coefficient (Wildman–Crippen LogP) is 1.79. The number of aliphatic hydroxyl groups is 1. The molecule has 0 aromatic carbocycles. The van der Waals surface area contributed by atoms with Crippen molar-refractivity contribution < 1.29 is 5.11 Å². The fourth-order valence-electron chi connectivity index (χ4n) is 2.99. The summed E-state index contributed by atoms with van der Waals surface area (Å²) in [4.78, 5) is 2.18. The van der Waals surface area contributed by atoms with Gasteiger partial charge in [-0.1, -0.05) is 25.7 Å². The van der Waals surface area contributed by atoms with Crippen LogP contribution in [0.3, 0.4) is 0 Å². The van der Waals surface area contributed by atoms with Crippen molar-refractivity contribution >= 4 is 0 Å². The van der Waals surface area contributed by atoms with Crippen molar-refractivity contribution in [3.63, 3.8) is 0 Å². The second-order valence-corrected chi connectivity index (χ2v) is 5.76. The van der Waals surface area contributed by atoms with E-state index in [4.69, 9.17) is 0 Å². The second kappa shape index (κ2) is 6.34. The third-order valence-corrected chi connectivity index (χ3v) is 3.81. The minimum Gasteiger partial charge on any atom is -0.392 e. The maximum Gasteiger partial charge on any atom is 0.0669 e. The first-order valence-corrected chi connectivity index (χ1v) is 6.97. The molecule has 1 heterocycles. The van der Waals surface area contributed by atoms with E-state index in [-0.39, 0.29) is 6.10 Å². The summed E-state index contributed by atoms with van der Waals surface area (Å²) in [5, 5.41) is 14.3. The zero-order valence-corrected chi connectivity index (χ0v) is 11.5. The van der Waals surface area contributed by atoms with Gasteiger partial charge in [-0.3, -0.25) is 9.58 Å². The van der Waals surface area contributed by atoms with Crippen LogP contribution >= 0.6 is 0 Å². The van der Waals surface area contributed by atoms with Gasteiger partial charge in [0.1, 0.15) is 0 Å². The fourth-order valence-corrected chi connectivity index (χ4v) is 2.99. The predicted molar refractivity (Wildman–Crippen MR) is 72.1 cm³/mol. The zero-order valence-electron chi connectivity index (χ0n) is 11.5.